The van der Waals surface area contributed by atoms with Crippen molar-refractivity contribution < 1.29 is 13.9 Å². The van der Waals surface area contributed by atoms with E-state index in [-0.39, 0.29) is 17.1 Å². The van der Waals surface area contributed by atoms with Crippen LogP contribution in [0.3, 0.4) is 0 Å². The van der Waals surface area contributed by atoms with E-state index in [1.165, 1.54) is 0 Å². The molecule has 0 saturated carbocycles. The van der Waals surface area contributed by atoms with Gasteiger partial charge in [0.05, 0.1) is 24.1 Å². The normalized spacial score (nSPS) is 15.3. The topological polar surface area (TPSA) is 59.8 Å². The Morgan fingerprint density at radius 3 is 2.31 bits per heavy atom. The van der Waals surface area contributed by atoms with Gasteiger partial charge in [0.15, 0.2) is 5.43 Å². The number of aryl methyl sites for hydroxylation is 3. The van der Waals surface area contributed by atoms with E-state index in [1.807, 2.05) is 81.4 Å². The molecule has 0 aliphatic carbocycles. The predicted octanol–water partition coefficient (Wildman–Crippen LogP) is 5.48. The van der Waals surface area contributed by atoms with Crippen LogP contribution in [0.5, 0.6) is 5.75 Å². The fourth-order valence-corrected chi connectivity index (χ4v) is 4.37. The van der Waals surface area contributed by atoms with E-state index in [9.17, 15) is 9.59 Å². The lowest BCUT2D eigenvalue weighted by molar-refractivity contribution is 0.0971. The lowest BCUT2D eigenvalue weighted by Crippen LogP contribution is -2.29. The van der Waals surface area contributed by atoms with Crippen molar-refractivity contribution in [3.05, 3.63) is 104 Å². The maximum absolute atomic E-state index is 13.7. The molecule has 3 aromatic carbocycles. The molecule has 5 nitrogen and oxygen atoms in total. The molecule has 0 fully saturated rings. The minimum absolute atomic E-state index is 0.105. The summed E-state index contributed by atoms with van der Waals surface area (Å²) >= 11 is 0. The van der Waals surface area contributed by atoms with E-state index in [1.54, 1.807) is 12.0 Å². The Kier molecular flexibility index (Phi) is 4.63. The van der Waals surface area contributed by atoms with Gasteiger partial charge in [-0.1, -0.05) is 24.3 Å². The third-order valence-corrected chi connectivity index (χ3v) is 6.20. The molecule has 0 N–H and O–H groups in total. The molecule has 160 valence electrons. The standard InChI is InChI=1S/C27H23NO4/c1-15-6-5-7-19(12-15)28-24(18-8-10-20(31-4)11-9-18)23-25(29)21-13-16(2)17(3)14-22(21)32-26(23)27(28)30/h5-14,24H,1-4H3. The molecule has 4 aromatic rings. The minimum Gasteiger partial charge on any atom is -0.497 e. The summed E-state index contributed by atoms with van der Waals surface area (Å²) in [7, 11) is 1.60. The second kappa shape index (κ2) is 7.38. The van der Waals surface area contributed by atoms with Gasteiger partial charge in [-0.3, -0.25) is 14.5 Å². The van der Waals surface area contributed by atoms with Crippen molar-refractivity contribution in [2.75, 3.05) is 12.0 Å². The molecule has 5 heteroatoms. The maximum Gasteiger partial charge on any atom is 0.295 e. The Hall–Kier alpha value is -3.86. The van der Waals surface area contributed by atoms with E-state index in [2.05, 4.69) is 0 Å². The number of carbonyl (C=O) groups is 1. The van der Waals surface area contributed by atoms with E-state index in [0.29, 0.717) is 22.3 Å². The van der Waals surface area contributed by atoms with Gasteiger partial charge >= 0.3 is 0 Å². The summed E-state index contributed by atoms with van der Waals surface area (Å²) in [5.41, 5.74) is 5.21. The fraction of sp³-hybridized carbons (Fsp3) is 0.185. The minimum atomic E-state index is -0.590. The van der Waals surface area contributed by atoms with Gasteiger partial charge in [0, 0.05) is 5.69 Å². The zero-order valence-electron chi connectivity index (χ0n) is 18.4. The van der Waals surface area contributed by atoms with Gasteiger partial charge in [-0.25, -0.2) is 0 Å². The molecule has 1 unspecified atom stereocenters. The summed E-state index contributed by atoms with van der Waals surface area (Å²) in [5.74, 6) is 0.494. The second-order valence-electron chi connectivity index (χ2n) is 8.30. The number of ether oxygens (including phenoxy) is 1. The first-order valence-electron chi connectivity index (χ1n) is 10.5. The molecule has 0 radical (unpaired) electrons. The summed E-state index contributed by atoms with van der Waals surface area (Å²) in [6.45, 7) is 5.90. The van der Waals surface area contributed by atoms with E-state index >= 15 is 0 Å². The molecule has 5 rings (SSSR count). The van der Waals surface area contributed by atoms with E-state index in [4.69, 9.17) is 9.15 Å². The predicted molar refractivity (Wildman–Crippen MR) is 125 cm³/mol. The first-order chi connectivity index (χ1) is 15.4. The maximum atomic E-state index is 13.7. The quantitative estimate of drug-likeness (QED) is 0.436. The summed E-state index contributed by atoms with van der Waals surface area (Å²) in [4.78, 5) is 29.0. The van der Waals surface area contributed by atoms with Gasteiger partial charge < -0.3 is 9.15 Å². The number of methoxy groups -OCH3 is 1. The average Bonchev–Trinajstić information content (AvgIpc) is 3.08. The van der Waals surface area contributed by atoms with Crippen LogP contribution in [-0.4, -0.2) is 13.0 Å². The van der Waals surface area contributed by atoms with Gasteiger partial charge in [-0.15, -0.1) is 0 Å². The van der Waals surface area contributed by atoms with Crippen molar-refractivity contribution in [1.29, 1.82) is 0 Å². The van der Waals surface area contributed by atoms with Crippen LogP contribution in [0.15, 0.2) is 69.9 Å². The van der Waals surface area contributed by atoms with E-state index < -0.39 is 6.04 Å². The van der Waals surface area contributed by atoms with E-state index in [0.717, 1.165) is 27.9 Å². The number of hydrogen-bond donors (Lipinski definition) is 0. The number of rotatable bonds is 3. The summed E-state index contributed by atoms with van der Waals surface area (Å²) in [6.07, 6.45) is 0. The number of amides is 1. The molecule has 1 aliphatic heterocycles. The number of fused-ring (bicyclic) bond motifs is 2. The first kappa shape index (κ1) is 20.1. The third-order valence-electron chi connectivity index (χ3n) is 6.20. The molecular formula is C27H23NO4. The number of nitrogens with zero attached hydrogens (tertiary/aromatic N) is 1. The fourth-order valence-electron chi connectivity index (χ4n) is 4.37. The summed E-state index contributed by atoms with van der Waals surface area (Å²) < 4.78 is 11.4. The Balaban J connectivity index is 1.81. The SMILES string of the molecule is COc1ccc(C2c3c(oc4cc(C)c(C)cc4c3=O)C(=O)N2c2cccc(C)c2)cc1. The Labute approximate surface area is 185 Å². The first-order valence-corrected chi connectivity index (χ1v) is 10.5. The molecule has 1 atom stereocenters. The number of carbonyl (C=O) groups excluding carboxylic acids is 1. The molecule has 0 spiro atoms. The van der Waals surface area contributed by atoms with Crippen LogP contribution in [0.25, 0.3) is 11.0 Å². The van der Waals surface area contributed by atoms with Crippen molar-refractivity contribution in [3.8, 4) is 5.75 Å². The Bertz CT molecular complexity index is 1430. The summed E-state index contributed by atoms with van der Waals surface area (Å²) in [5, 5.41) is 0.490. The molecule has 2 heterocycles. The molecule has 32 heavy (non-hydrogen) atoms. The molecule has 0 saturated heterocycles. The van der Waals surface area contributed by atoms with Crippen LogP contribution in [0.2, 0.25) is 0 Å². The average molecular weight is 425 g/mol. The van der Waals surface area contributed by atoms with Crippen molar-refractivity contribution in [2.45, 2.75) is 26.8 Å². The molecule has 0 bridgehead atoms. The second-order valence-corrected chi connectivity index (χ2v) is 8.30. The van der Waals surface area contributed by atoms with Crippen LogP contribution in [-0.2, 0) is 0 Å². The highest BCUT2D eigenvalue weighted by Crippen LogP contribution is 2.41. The van der Waals surface area contributed by atoms with Crippen LogP contribution in [0.1, 0.15) is 44.4 Å². The highest BCUT2D eigenvalue weighted by Gasteiger charge is 2.43. The Morgan fingerprint density at radius 2 is 1.62 bits per heavy atom. The van der Waals surface area contributed by atoms with Gasteiger partial charge in [0.2, 0.25) is 5.76 Å². The molecular weight excluding hydrogens is 402 g/mol. The highest BCUT2D eigenvalue weighted by atomic mass is 16.5. The van der Waals surface area contributed by atoms with Crippen LogP contribution < -0.4 is 15.1 Å². The number of hydrogen-bond acceptors (Lipinski definition) is 4. The Morgan fingerprint density at radius 1 is 0.906 bits per heavy atom. The van der Waals surface area contributed by atoms with Gasteiger partial charge in [0.25, 0.3) is 5.91 Å². The third kappa shape index (κ3) is 3.01. The van der Waals surface area contributed by atoms with Crippen LogP contribution in [0.4, 0.5) is 5.69 Å². The lowest BCUT2D eigenvalue weighted by atomic mass is 9.97. The van der Waals surface area contributed by atoms with Crippen molar-refractivity contribution in [2.24, 2.45) is 0 Å². The zero-order valence-corrected chi connectivity index (χ0v) is 18.4. The number of anilines is 1. The van der Waals surface area contributed by atoms with Gasteiger partial charge in [-0.2, -0.15) is 0 Å². The smallest absolute Gasteiger partial charge is 0.295 e. The van der Waals surface area contributed by atoms with Crippen molar-refractivity contribution >= 4 is 22.6 Å². The highest BCUT2D eigenvalue weighted by molar-refractivity contribution is 6.10. The largest absolute Gasteiger partial charge is 0.497 e. The molecule has 1 amide bonds. The van der Waals surface area contributed by atoms with Gasteiger partial charge in [0.1, 0.15) is 11.3 Å². The van der Waals surface area contributed by atoms with Crippen LogP contribution >= 0.6 is 0 Å². The summed E-state index contributed by atoms with van der Waals surface area (Å²) in [6, 6.07) is 18.2. The number of benzene rings is 3. The molecule has 1 aliphatic rings. The van der Waals surface area contributed by atoms with Crippen molar-refractivity contribution in [1.82, 2.24) is 0 Å². The lowest BCUT2D eigenvalue weighted by Gasteiger charge is -2.25. The van der Waals surface area contributed by atoms with Gasteiger partial charge in [-0.05, 0) is 79.4 Å². The monoisotopic (exact) mass is 425 g/mol. The van der Waals surface area contributed by atoms with Crippen LogP contribution in [0, 0.1) is 20.8 Å². The molecule has 1 aromatic heterocycles. The zero-order chi connectivity index (χ0) is 22.6. The van der Waals surface area contributed by atoms with Crippen molar-refractivity contribution in [3.63, 3.8) is 0 Å².